The summed E-state index contributed by atoms with van der Waals surface area (Å²) in [6.07, 6.45) is 0. The molecule has 1 aliphatic carbocycles. The fourth-order valence-corrected chi connectivity index (χ4v) is 8.00. The molecule has 8 aromatic rings. The molecule has 1 atom stereocenters. The van der Waals surface area contributed by atoms with Gasteiger partial charge in [0.1, 0.15) is 0 Å². The van der Waals surface area contributed by atoms with Crippen LogP contribution in [-0.2, 0) is 5.41 Å². The van der Waals surface area contributed by atoms with Crippen LogP contribution in [0.5, 0.6) is 0 Å². The zero-order valence-electron chi connectivity index (χ0n) is 26.2. The molecule has 0 saturated carbocycles. The van der Waals surface area contributed by atoms with Gasteiger partial charge in [0.25, 0.3) is 0 Å². The zero-order chi connectivity index (χ0) is 30.8. The maximum atomic E-state index is 2.49. The topological polar surface area (TPSA) is 0 Å². The normalized spacial score (nSPS) is 14.0. The lowest BCUT2D eigenvalue weighted by Gasteiger charge is -2.25. The lowest BCUT2D eigenvalue weighted by atomic mass is 9.78. The molecule has 0 heteroatoms. The van der Waals surface area contributed by atoms with Crippen LogP contribution >= 0.6 is 0 Å². The third-order valence-electron chi connectivity index (χ3n) is 10.4. The summed E-state index contributed by atoms with van der Waals surface area (Å²) in [5.74, 6) is 0.103. The lowest BCUT2D eigenvalue weighted by molar-refractivity contribution is 0.659. The van der Waals surface area contributed by atoms with Crippen molar-refractivity contribution >= 4 is 32.3 Å². The predicted octanol–water partition coefficient (Wildman–Crippen LogP) is 12.3. The van der Waals surface area contributed by atoms with E-state index in [1.807, 2.05) is 0 Å². The maximum absolute atomic E-state index is 2.49. The predicted molar refractivity (Wildman–Crippen MR) is 196 cm³/mol. The van der Waals surface area contributed by atoms with Crippen LogP contribution in [0.2, 0.25) is 0 Å². The van der Waals surface area contributed by atoms with Gasteiger partial charge in [-0.15, -0.1) is 0 Å². The Bertz CT molecular complexity index is 2430. The van der Waals surface area contributed by atoms with E-state index < -0.39 is 0 Å². The summed E-state index contributed by atoms with van der Waals surface area (Å²) >= 11 is 0. The van der Waals surface area contributed by atoms with Crippen molar-refractivity contribution in [1.82, 2.24) is 0 Å². The molecule has 0 spiro atoms. The molecular formula is C46H34. The van der Waals surface area contributed by atoms with Gasteiger partial charge in [0.05, 0.1) is 0 Å². The standard InChI is InChI=1S/C46H34/c1-46(2)43-15-9-8-14-41(43)42-27-23-36(29-44(42)46)45(33-18-16-31(17-19-33)30-10-4-3-5-11-30)35-22-24-38-34(28-35)21-26-39-37-13-7-6-12-32(37)20-25-40(38)39/h3-29,45H,1-2H3. The van der Waals surface area contributed by atoms with Gasteiger partial charge >= 0.3 is 0 Å². The highest BCUT2D eigenvalue weighted by atomic mass is 14.4. The molecule has 0 saturated heterocycles. The molecule has 9 rings (SSSR count). The van der Waals surface area contributed by atoms with Gasteiger partial charge in [-0.25, -0.2) is 0 Å². The molecule has 0 nitrogen and oxygen atoms in total. The first kappa shape index (κ1) is 26.9. The summed E-state index contributed by atoms with van der Waals surface area (Å²) in [6, 6.07) is 61.0. The van der Waals surface area contributed by atoms with Crippen LogP contribution in [0.4, 0.5) is 0 Å². The van der Waals surface area contributed by atoms with E-state index in [-0.39, 0.29) is 11.3 Å². The van der Waals surface area contributed by atoms with Crippen molar-refractivity contribution < 1.29 is 0 Å². The Labute approximate surface area is 270 Å². The highest BCUT2D eigenvalue weighted by Crippen LogP contribution is 2.50. The molecule has 0 aromatic heterocycles. The molecule has 0 radical (unpaired) electrons. The zero-order valence-corrected chi connectivity index (χ0v) is 26.2. The van der Waals surface area contributed by atoms with Gasteiger partial charge in [-0.3, -0.25) is 0 Å². The number of hydrogen-bond donors (Lipinski definition) is 0. The van der Waals surface area contributed by atoms with Crippen LogP contribution in [0.1, 0.15) is 47.6 Å². The molecule has 218 valence electrons. The summed E-state index contributed by atoms with van der Waals surface area (Å²) in [4.78, 5) is 0. The summed E-state index contributed by atoms with van der Waals surface area (Å²) in [5.41, 5.74) is 11.9. The Balaban J connectivity index is 1.22. The van der Waals surface area contributed by atoms with Crippen molar-refractivity contribution in [2.45, 2.75) is 25.2 Å². The highest BCUT2D eigenvalue weighted by Gasteiger charge is 2.35. The highest BCUT2D eigenvalue weighted by molar-refractivity contribution is 6.17. The first-order valence-electron chi connectivity index (χ1n) is 16.3. The SMILES string of the molecule is CC1(C)c2ccccc2-c2ccc(C(c3ccc(-c4ccccc4)cc3)c3ccc4c(ccc5c6ccccc6ccc45)c3)cc21. The smallest absolute Gasteiger partial charge is 0.0340 e. The average molecular weight is 587 g/mol. The van der Waals surface area contributed by atoms with E-state index >= 15 is 0 Å². The Hall–Kier alpha value is -5.46. The maximum Gasteiger partial charge on any atom is 0.0340 e. The fourth-order valence-electron chi connectivity index (χ4n) is 8.00. The van der Waals surface area contributed by atoms with Crippen LogP contribution in [-0.4, -0.2) is 0 Å². The van der Waals surface area contributed by atoms with E-state index in [1.165, 1.54) is 82.4 Å². The lowest BCUT2D eigenvalue weighted by Crippen LogP contribution is -2.15. The van der Waals surface area contributed by atoms with Crippen molar-refractivity contribution in [2.24, 2.45) is 0 Å². The fraction of sp³-hybridized carbons (Fsp3) is 0.0870. The second-order valence-corrected chi connectivity index (χ2v) is 13.3. The van der Waals surface area contributed by atoms with E-state index in [2.05, 4.69) is 178 Å². The second kappa shape index (κ2) is 10.3. The monoisotopic (exact) mass is 586 g/mol. The van der Waals surface area contributed by atoms with E-state index in [4.69, 9.17) is 0 Å². The Morgan fingerprint density at radius 1 is 0.370 bits per heavy atom. The molecule has 0 aliphatic heterocycles. The van der Waals surface area contributed by atoms with Crippen LogP contribution in [0.3, 0.4) is 0 Å². The molecular weight excluding hydrogens is 553 g/mol. The molecule has 8 aromatic carbocycles. The Kier molecular flexibility index (Phi) is 6.02. The first-order valence-corrected chi connectivity index (χ1v) is 16.3. The largest absolute Gasteiger partial charge is 0.0622 e. The molecule has 0 fully saturated rings. The van der Waals surface area contributed by atoms with E-state index in [0.29, 0.717) is 0 Å². The quantitative estimate of drug-likeness (QED) is 0.142. The van der Waals surface area contributed by atoms with Crippen LogP contribution in [0.25, 0.3) is 54.6 Å². The van der Waals surface area contributed by atoms with Gasteiger partial charge in [0, 0.05) is 11.3 Å². The van der Waals surface area contributed by atoms with E-state index in [1.54, 1.807) is 0 Å². The summed E-state index contributed by atoms with van der Waals surface area (Å²) in [6.45, 7) is 4.74. The van der Waals surface area contributed by atoms with Gasteiger partial charge in [0.15, 0.2) is 0 Å². The van der Waals surface area contributed by atoms with Crippen molar-refractivity contribution in [3.8, 4) is 22.3 Å². The molecule has 0 amide bonds. The second-order valence-electron chi connectivity index (χ2n) is 13.3. The van der Waals surface area contributed by atoms with Crippen molar-refractivity contribution in [1.29, 1.82) is 0 Å². The average Bonchev–Trinajstić information content (AvgIpc) is 3.34. The number of rotatable bonds is 4. The number of benzene rings is 8. The Morgan fingerprint density at radius 3 is 1.76 bits per heavy atom. The first-order chi connectivity index (χ1) is 22.6. The van der Waals surface area contributed by atoms with Gasteiger partial charge in [0.2, 0.25) is 0 Å². The minimum atomic E-state index is -0.0469. The minimum absolute atomic E-state index is 0.0469. The molecule has 1 unspecified atom stereocenters. The molecule has 0 bridgehead atoms. The number of hydrogen-bond acceptors (Lipinski definition) is 0. The van der Waals surface area contributed by atoms with Gasteiger partial charge in [-0.1, -0.05) is 178 Å². The van der Waals surface area contributed by atoms with E-state index in [9.17, 15) is 0 Å². The third-order valence-corrected chi connectivity index (χ3v) is 10.4. The van der Waals surface area contributed by atoms with Gasteiger partial charge in [-0.2, -0.15) is 0 Å². The summed E-state index contributed by atoms with van der Waals surface area (Å²) < 4.78 is 0. The minimum Gasteiger partial charge on any atom is -0.0622 e. The molecule has 0 N–H and O–H groups in total. The van der Waals surface area contributed by atoms with Crippen LogP contribution in [0.15, 0.2) is 164 Å². The van der Waals surface area contributed by atoms with Crippen LogP contribution < -0.4 is 0 Å². The Morgan fingerprint density at radius 2 is 0.935 bits per heavy atom. The van der Waals surface area contributed by atoms with Crippen LogP contribution in [0, 0.1) is 0 Å². The summed E-state index contributed by atoms with van der Waals surface area (Å²) in [7, 11) is 0. The van der Waals surface area contributed by atoms with E-state index in [0.717, 1.165) is 0 Å². The van der Waals surface area contributed by atoms with Gasteiger partial charge in [-0.05, 0) is 82.4 Å². The van der Waals surface area contributed by atoms with Crippen molar-refractivity contribution in [3.05, 3.63) is 192 Å². The molecule has 46 heavy (non-hydrogen) atoms. The van der Waals surface area contributed by atoms with Crippen molar-refractivity contribution in [2.75, 3.05) is 0 Å². The summed E-state index contributed by atoms with van der Waals surface area (Å²) in [5, 5.41) is 7.79. The van der Waals surface area contributed by atoms with Crippen molar-refractivity contribution in [3.63, 3.8) is 0 Å². The number of fused-ring (bicyclic) bond motifs is 8. The molecule has 1 aliphatic rings. The molecule has 0 heterocycles. The van der Waals surface area contributed by atoms with Gasteiger partial charge < -0.3 is 0 Å². The third kappa shape index (κ3) is 4.14.